The molecule has 1 aromatic heterocycles. The summed E-state index contributed by atoms with van der Waals surface area (Å²) in [4.78, 5) is 1.28. The van der Waals surface area contributed by atoms with Crippen LogP contribution >= 0.6 is 24.0 Å². The summed E-state index contributed by atoms with van der Waals surface area (Å²) in [6, 6.07) is 25.8. The van der Waals surface area contributed by atoms with E-state index in [9.17, 15) is 0 Å². The van der Waals surface area contributed by atoms with E-state index in [1.165, 1.54) is 26.9 Å². The number of aromatic nitrogens is 1. The predicted octanol–water partition coefficient (Wildman–Crippen LogP) is 6.68. The van der Waals surface area contributed by atoms with E-state index in [4.69, 9.17) is 12.2 Å². The molecule has 1 nitrogen and oxygen atoms in total. The number of benzene rings is 3. The van der Waals surface area contributed by atoms with Crippen LogP contribution in [-0.2, 0) is 6.54 Å². The van der Waals surface area contributed by atoms with Crippen molar-refractivity contribution < 1.29 is 0 Å². The minimum atomic E-state index is 0.841. The second-order valence-electron chi connectivity index (χ2n) is 6.03. The Balaban J connectivity index is 2.03. The topological polar surface area (TPSA) is 4.93 Å². The molecule has 3 aromatic carbocycles. The normalized spacial score (nSPS) is 11.2. The SMILES string of the molecule is CCSc1ccc2c(c1)c(=S)c1ccccc1n2Cc1ccccc1. The van der Waals surface area contributed by atoms with Crippen LogP contribution in [0.15, 0.2) is 77.7 Å². The van der Waals surface area contributed by atoms with Gasteiger partial charge in [-0.25, -0.2) is 0 Å². The van der Waals surface area contributed by atoms with Gasteiger partial charge < -0.3 is 4.57 Å². The van der Waals surface area contributed by atoms with Crippen LogP contribution in [0.5, 0.6) is 0 Å². The third kappa shape index (κ3) is 3.10. The number of pyridine rings is 1. The highest BCUT2D eigenvalue weighted by atomic mass is 32.2. The Bertz CT molecular complexity index is 1100. The molecule has 0 N–H and O–H groups in total. The summed E-state index contributed by atoms with van der Waals surface area (Å²) in [5.74, 6) is 1.07. The van der Waals surface area contributed by atoms with Crippen LogP contribution in [0.3, 0.4) is 0 Å². The van der Waals surface area contributed by atoms with Crippen LogP contribution in [0, 0.1) is 4.51 Å². The maximum atomic E-state index is 5.84. The first-order chi connectivity index (χ1) is 12.3. The fraction of sp³-hybridized carbons (Fsp3) is 0.136. The van der Waals surface area contributed by atoms with E-state index in [-0.39, 0.29) is 0 Å². The standard InChI is InChI=1S/C22H19NS2/c1-2-25-17-12-13-21-19(14-17)22(24)18-10-6-7-11-20(18)23(21)15-16-8-4-3-5-9-16/h3-14H,2,15H2,1H3. The van der Waals surface area contributed by atoms with Gasteiger partial charge >= 0.3 is 0 Å². The van der Waals surface area contributed by atoms with Gasteiger partial charge in [-0.1, -0.05) is 67.7 Å². The molecule has 0 saturated carbocycles. The van der Waals surface area contributed by atoms with Gasteiger partial charge in [0, 0.05) is 22.2 Å². The van der Waals surface area contributed by atoms with Crippen LogP contribution in [-0.4, -0.2) is 10.3 Å². The Morgan fingerprint density at radius 2 is 1.56 bits per heavy atom. The van der Waals surface area contributed by atoms with Crippen molar-refractivity contribution >= 4 is 45.8 Å². The molecule has 0 fully saturated rings. The number of nitrogens with zero attached hydrogens (tertiary/aromatic N) is 1. The molecule has 124 valence electrons. The lowest BCUT2D eigenvalue weighted by atomic mass is 10.1. The second-order valence-corrected chi connectivity index (χ2v) is 7.78. The first kappa shape index (κ1) is 16.4. The highest BCUT2D eigenvalue weighted by Gasteiger charge is 2.09. The van der Waals surface area contributed by atoms with Crippen LogP contribution in [0.4, 0.5) is 0 Å². The summed E-state index contributed by atoms with van der Waals surface area (Å²) in [6.45, 7) is 3.02. The lowest BCUT2D eigenvalue weighted by Gasteiger charge is -2.17. The maximum absolute atomic E-state index is 5.84. The van der Waals surface area contributed by atoms with Gasteiger partial charge in [0.15, 0.2) is 0 Å². The monoisotopic (exact) mass is 361 g/mol. The van der Waals surface area contributed by atoms with Gasteiger partial charge in [-0.15, -0.1) is 11.8 Å². The van der Waals surface area contributed by atoms with Crippen LogP contribution in [0.1, 0.15) is 12.5 Å². The van der Waals surface area contributed by atoms with Crippen molar-refractivity contribution in [1.82, 2.24) is 4.57 Å². The Hall–Kier alpha value is -2.10. The Kier molecular flexibility index (Phi) is 4.60. The van der Waals surface area contributed by atoms with Crippen molar-refractivity contribution in [2.24, 2.45) is 0 Å². The zero-order valence-corrected chi connectivity index (χ0v) is 15.7. The largest absolute Gasteiger partial charge is 0.336 e. The molecule has 4 rings (SSSR count). The summed E-state index contributed by atoms with van der Waals surface area (Å²) in [6.07, 6.45) is 0. The number of thioether (sulfide) groups is 1. The van der Waals surface area contributed by atoms with Gasteiger partial charge in [0.25, 0.3) is 0 Å². The molecule has 25 heavy (non-hydrogen) atoms. The third-order valence-electron chi connectivity index (χ3n) is 4.44. The Morgan fingerprint density at radius 3 is 2.36 bits per heavy atom. The first-order valence-electron chi connectivity index (χ1n) is 8.50. The van der Waals surface area contributed by atoms with E-state index in [1.54, 1.807) is 0 Å². The lowest BCUT2D eigenvalue weighted by Crippen LogP contribution is -2.04. The van der Waals surface area contributed by atoms with Gasteiger partial charge in [0.1, 0.15) is 0 Å². The molecule has 0 unspecified atom stereocenters. The van der Waals surface area contributed by atoms with Crippen LogP contribution < -0.4 is 0 Å². The summed E-state index contributed by atoms with van der Waals surface area (Å²) < 4.78 is 3.34. The summed E-state index contributed by atoms with van der Waals surface area (Å²) >= 11 is 7.70. The molecule has 0 aliphatic heterocycles. The predicted molar refractivity (Wildman–Crippen MR) is 112 cm³/mol. The smallest absolute Gasteiger partial charge is 0.0564 e. The highest BCUT2D eigenvalue weighted by molar-refractivity contribution is 7.99. The van der Waals surface area contributed by atoms with Crippen molar-refractivity contribution in [1.29, 1.82) is 0 Å². The van der Waals surface area contributed by atoms with E-state index in [0.717, 1.165) is 22.2 Å². The average molecular weight is 362 g/mol. The number of fused-ring (bicyclic) bond motifs is 2. The van der Waals surface area contributed by atoms with Gasteiger partial charge in [-0.05, 0) is 35.6 Å². The maximum Gasteiger partial charge on any atom is 0.0564 e. The second kappa shape index (κ2) is 7.03. The van der Waals surface area contributed by atoms with Crippen molar-refractivity contribution in [2.45, 2.75) is 18.4 Å². The number of hydrogen-bond donors (Lipinski definition) is 0. The van der Waals surface area contributed by atoms with Gasteiger partial charge in [-0.2, -0.15) is 0 Å². The van der Waals surface area contributed by atoms with Crippen molar-refractivity contribution in [3.63, 3.8) is 0 Å². The molecule has 0 radical (unpaired) electrons. The third-order valence-corrected chi connectivity index (χ3v) is 5.75. The molecule has 0 aliphatic carbocycles. The molecule has 4 aromatic rings. The first-order valence-corrected chi connectivity index (χ1v) is 9.89. The molecule has 0 atom stereocenters. The summed E-state index contributed by atoms with van der Waals surface area (Å²) in [7, 11) is 0. The minimum Gasteiger partial charge on any atom is -0.336 e. The van der Waals surface area contributed by atoms with E-state index in [1.807, 2.05) is 11.8 Å². The molecule has 0 aliphatic rings. The number of rotatable bonds is 4. The molecular formula is C22H19NS2. The van der Waals surface area contributed by atoms with E-state index < -0.39 is 0 Å². The minimum absolute atomic E-state index is 0.841. The highest BCUT2D eigenvalue weighted by Crippen LogP contribution is 2.30. The zero-order valence-electron chi connectivity index (χ0n) is 14.1. The lowest BCUT2D eigenvalue weighted by molar-refractivity contribution is 0.862. The number of para-hydroxylation sites is 1. The van der Waals surface area contributed by atoms with Crippen LogP contribution in [0.2, 0.25) is 0 Å². The fourth-order valence-electron chi connectivity index (χ4n) is 3.30. The Morgan fingerprint density at radius 1 is 0.840 bits per heavy atom. The molecule has 0 amide bonds. The van der Waals surface area contributed by atoms with Gasteiger partial charge in [0.2, 0.25) is 0 Å². The van der Waals surface area contributed by atoms with E-state index >= 15 is 0 Å². The van der Waals surface area contributed by atoms with Gasteiger partial charge in [0.05, 0.1) is 15.5 Å². The molecule has 1 heterocycles. The summed E-state index contributed by atoms with van der Waals surface area (Å²) in [5.41, 5.74) is 3.69. The molecule has 3 heteroatoms. The summed E-state index contributed by atoms with van der Waals surface area (Å²) in [5, 5.41) is 2.32. The van der Waals surface area contributed by atoms with Gasteiger partial charge in [-0.3, -0.25) is 0 Å². The molecule has 0 saturated heterocycles. The van der Waals surface area contributed by atoms with E-state index in [2.05, 4.69) is 84.3 Å². The number of hydrogen-bond acceptors (Lipinski definition) is 2. The average Bonchev–Trinajstić information content (AvgIpc) is 2.66. The fourth-order valence-corrected chi connectivity index (χ4v) is 4.34. The van der Waals surface area contributed by atoms with Crippen molar-refractivity contribution in [3.05, 3.63) is 82.9 Å². The van der Waals surface area contributed by atoms with Crippen LogP contribution in [0.25, 0.3) is 21.8 Å². The van der Waals surface area contributed by atoms with Crippen molar-refractivity contribution in [3.8, 4) is 0 Å². The Labute approximate surface area is 157 Å². The molecule has 0 bridgehead atoms. The zero-order chi connectivity index (χ0) is 17.2. The van der Waals surface area contributed by atoms with E-state index in [0.29, 0.717) is 0 Å². The van der Waals surface area contributed by atoms with Crippen molar-refractivity contribution in [2.75, 3.05) is 5.75 Å². The molecular weight excluding hydrogens is 342 g/mol. The molecule has 0 spiro atoms. The quantitative estimate of drug-likeness (QED) is 0.227.